The van der Waals surface area contributed by atoms with Crippen LogP contribution < -0.4 is 4.57 Å². The summed E-state index contributed by atoms with van der Waals surface area (Å²) in [5.41, 5.74) is 5.04. The standard InChI is InChI=1S/C18H16N3/c1-2-16-14-8-7-13(18-19-9-5-10-20-18)12-15(14)17-6-3-4-11-21(16)17/h3-12,16H,2H2,1H3/q+1. The Morgan fingerprint density at radius 3 is 2.71 bits per heavy atom. The van der Waals surface area contributed by atoms with Crippen LogP contribution in [0.2, 0.25) is 0 Å². The van der Waals surface area contributed by atoms with Gasteiger partial charge >= 0.3 is 0 Å². The molecule has 2 aromatic heterocycles. The Bertz CT molecular complexity index is 797. The Balaban J connectivity index is 1.91. The number of hydrogen-bond acceptors (Lipinski definition) is 2. The van der Waals surface area contributed by atoms with Crippen LogP contribution in [-0.4, -0.2) is 9.97 Å². The molecule has 102 valence electrons. The summed E-state index contributed by atoms with van der Waals surface area (Å²) >= 11 is 0. The fourth-order valence-corrected chi connectivity index (χ4v) is 3.18. The number of fused-ring (bicyclic) bond motifs is 3. The third-order valence-electron chi connectivity index (χ3n) is 4.12. The van der Waals surface area contributed by atoms with E-state index in [0.717, 1.165) is 17.8 Å². The van der Waals surface area contributed by atoms with Gasteiger partial charge in [0.25, 0.3) is 0 Å². The van der Waals surface area contributed by atoms with Gasteiger partial charge in [-0.3, -0.25) is 0 Å². The highest BCUT2D eigenvalue weighted by Crippen LogP contribution is 2.36. The van der Waals surface area contributed by atoms with Crippen molar-refractivity contribution in [1.82, 2.24) is 9.97 Å². The van der Waals surface area contributed by atoms with Crippen LogP contribution in [0.3, 0.4) is 0 Å². The summed E-state index contributed by atoms with van der Waals surface area (Å²) in [6.07, 6.45) is 6.83. The third-order valence-corrected chi connectivity index (χ3v) is 4.12. The fraction of sp³-hybridized carbons (Fsp3) is 0.167. The lowest BCUT2D eigenvalue weighted by atomic mass is 9.98. The minimum Gasteiger partial charge on any atom is -0.237 e. The van der Waals surface area contributed by atoms with Crippen LogP contribution in [0.5, 0.6) is 0 Å². The molecular formula is C18H16N3+. The van der Waals surface area contributed by atoms with E-state index in [4.69, 9.17) is 0 Å². The molecular weight excluding hydrogens is 258 g/mol. The normalized spacial score (nSPS) is 15.6. The van der Waals surface area contributed by atoms with E-state index in [-0.39, 0.29) is 0 Å². The average Bonchev–Trinajstić information content (AvgIpc) is 2.88. The van der Waals surface area contributed by atoms with Gasteiger partial charge < -0.3 is 0 Å². The molecule has 0 saturated heterocycles. The number of pyridine rings is 1. The summed E-state index contributed by atoms with van der Waals surface area (Å²) < 4.78 is 2.36. The van der Waals surface area contributed by atoms with E-state index in [0.29, 0.717) is 6.04 Å². The van der Waals surface area contributed by atoms with E-state index >= 15 is 0 Å². The van der Waals surface area contributed by atoms with Gasteiger partial charge in [0.05, 0.1) is 5.56 Å². The van der Waals surface area contributed by atoms with Gasteiger partial charge in [0, 0.05) is 42.1 Å². The Kier molecular flexibility index (Phi) is 2.78. The topological polar surface area (TPSA) is 29.7 Å². The van der Waals surface area contributed by atoms with Crippen molar-refractivity contribution < 1.29 is 4.57 Å². The van der Waals surface area contributed by atoms with Crippen molar-refractivity contribution in [2.45, 2.75) is 19.4 Å². The summed E-state index contributed by atoms with van der Waals surface area (Å²) in [5.74, 6) is 0.780. The van der Waals surface area contributed by atoms with Crippen LogP contribution >= 0.6 is 0 Å². The number of aromatic nitrogens is 3. The fourth-order valence-electron chi connectivity index (χ4n) is 3.18. The highest BCUT2D eigenvalue weighted by Gasteiger charge is 2.34. The molecule has 0 bridgehead atoms. The van der Waals surface area contributed by atoms with Crippen LogP contribution in [0, 0.1) is 0 Å². The molecule has 0 N–H and O–H groups in total. The Hall–Kier alpha value is -2.55. The van der Waals surface area contributed by atoms with Gasteiger partial charge in [-0.15, -0.1) is 0 Å². The van der Waals surface area contributed by atoms with Crippen molar-refractivity contribution in [3.8, 4) is 22.6 Å². The minimum absolute atomic E-state index is 0.432. The first-order valence-electron chi connectivity index (χ1n) is 7.30. The largest absolute Gasteiger partial charge is 0.237 e. The summed E-state index contributed by atoms with van der Waals surface area (Å²) in [6.45, 7) is 2.23. The molecule has 0 spiro atoms. The zero-order chi connectivity index (χ0) is 14.2. The highest BCUT2D eigenvalue weighted by atomic mass is 15.0. The van der Waals surface area contributed by atoms with Crippen molar-refractivity contribution in [2.75, 3.05) is 0 Å². The molecule has 0 amide bonds. The van der Waals surface area contributed by atoms with E-state index < -0.39 is 0 Å². The van der Waals surface area contributed by atoms with Crippen molar-refractivity contribution in [2.24, 2.45) is 0 Å². The molecule has 1 unspecified atom stereocenters. The monoisotopic (exact) mass is 274 g/mol. The second-order valence-electron chi connectivity index (χ2n) is 5.29. The maximum absolute atomic E-state index is 4.35. The predicted molar refractivity (Wildman–Crippen MR) is 81.5 cm³/mol. The molecule has 21 heavy (non-hydrogen) atoms. The Morgan fingerprint density at radius 1 is 1.05 bits per heavy atom. The summed E-state index contributed by atoms with van der Waals surface area (Å²) in [6, 6.07) is 15.2. The van der Waals surface area contributed by atoms with E-state index in [1.54, 1.807) is 12.4 Å². The molecule has 4 rings (SSSR count). The molecule has 0 saturated carbocycles. The second-order valence-corrected chi connectivity index (χ2v) is 5.29. The van der Waals surface area contributed by atoms with Crippen molar-refractivity contribution >= 4 is 0 Å². The lowest BCUT2D eigenvalue weighted by Crippen LogP contribution is -2.36. The molecule has 0 fully saturated rings. The van der Waals surface area contributed by atoms with Gasteiger partial charge in [0.15, 0.2) is 18.1 Å². The number of hydrogen-bond donors (Lipinski definition) is 0. The van der Waals surface area contributed by atoms with Crippen LogP contribution in [0.25, 0.3) is 22.6 Å². The molecule has 0 radical (unpaired) electrons. The lowest BCUT2D eigenvalue weighted by Gasteiger charge is -2.05. The first-order valence-corrected chi connectivity index (χ1v) is 7.30. The first kappa shape index (κ1) is 12.2. The van der Waals surface area contributed by atoms with Crippen LogP contribution in [-0.2, 0) is 0 Å². The van der Waals surface area contributed by atoms with Gasteiger partial charge in [-0.25, -0.2) is 9.97 Å². The van der Waals surface area contributed by atoms with Gasteiger partial charge in [-0.05, 0) is 18.2 Å². The molecule has 1 atom stereocenters. The van der Waals surface area contributed by atoms with Gasteiger partial charge in [0.1, 0.15) is 0 Å². The van der Waals surface area contributed by atoms with E-state index in [2.05, 4.69) is 64.1 Å². The second kappa shape index (κ2) is 4.77. The van der Waals surface area contributed by atoms with Gasteiger partial charge in [-0.1, -0.05) is 19.1 Å². The summed E-state index contributed by atoms with van der Waals surface area (Å²) in [4.78, 5) is 8.70. The van der Waals surface area contributed by atoms with Crippen LogP contribution in [0.4, 0.5) is 0 Å². The third kappa shape index (κ3) is 1.85. The number of nitrogens with zero attached hydrogens (tertiary/aromatic N) is 3. The quantitative estimate of drug-likeness (QED) is 0.670. The van der Waals surface area contributed by atoms with Crippen molar-refractivity contribution in [3.63, 3.8) is 0 Å². The SMILES string of the molecule is CCC1c2ccc(-c3ncccn3)cc2-c2cccc[n+]21. The lowest BCUT2D eigenvalue weighted by molar-refractivity contribution is -0.698. The van der Waals surface area contributed by atoms with Gasteiger partial charge in [0.2, 0.25) is 5.69 Å². The highest BCUT2D eigenvalue weighted by molar-refractivity contribution is 5.71. The summed E-state index contributed by atoms with van der Waals surface area (Å²) in [5, 5.41) is 0. The maximum Gasteiger partial charge on any atom is 0.213 e. The Labute approximate surface area is 124 Å². The predicted octanol–water partition coefficient (Wildman–Crippen LogP) is 3.41. The van der Waals surface area contributed by atoms with Gasteiger partial charge in [-0.2, -0.15) is 4.57 Å². The summed E-state index contributed by atoms with van der Waals surface area (Å²) in [7, 11) is 0. The zero-order valence-electron chi connectivity index (χ0n) is 11.9. The average molecular weight is 274 g/mol. The molecule has 1 aliphatic heterocycles. The zero-order valence-corrected chi connectivity index (χ0v) is 11.9. The molecule has 0 aliphatic carbocycles. The first-order chi connectivity index (χ1) is 10.4. The molecule has 3 heteroatoms. The number of benzene rings is 1. The van der Waals surface area contributed by atoms with Crippen molar-refractivity contribution in [1.29, 1.82) is 0 Å². The minimum atomic E-state index is 0.432. The smallest absolute Gasteiger partial charge is 0.213 e. The molecule has 3 heterocycles. The molecule has 1 aliphatic rings. The van der Waals surface area contributed by atoms with Crippen molar-refractivity contribution in [3.05, 3.63) is 66.6 Å². The van der Waals surface area contributed by atoms with Crippen LogP contribution in [0.1, 0.15) is 24.9 Å². The van der Waals surface area contributed by atoms with E-state index in [9.17, 15) is 0 Å². The van der Waals surface area contributed by atoms with Crippen LogP contribution in [0.15, 0.2) is 61.1 Å². The maximum atomic E-state index is 4.35. The Morgan fingerprint density at radius 2 is 1.90 bits per heavy atom. The molecule has 3 nitrogen and oxygen atoms in total. The van der Waals surface area contributed by atoms with E-state index in [1.165, 1.54) is 16.8 Å². The van der Waals surface area contributed by atoms with E-state index in [1.807, 2.05) is 6.07 Å². The molecule has 3 aromatic rings. The number of rotatable bonds is 2. The molecule has 1 aromatic carbocycles.